The van der Waals surface area contributed by atoms with E-state index in [4.69, 9.17) is 5.73 Å². The molecule has 0 amide bonds. The number of hydrogen-bond acceptors (Lipinski definition) is 2. The molecule has 0 aliphatic carbocycles. The van der Waals surface area contributed by atoms with E-state index in [0.717, 1.165) is 25.1 Å². The minimum absolute atomic E-state index is 0.209. The van der Waals surface area contributed by atoms with E-state index in [-0.39, 0.29) is 5.82 Å². The molecule has 1 aromatic rings. The molecule has 1 saturated heterocycles. The molecule has 1 aliphatic heterocycles. The van der Waals surface area contributed by atoms with Crippen LogP contribution in [0.1, 0.15) is 24.9 Å². The van der Waals surface area contributed by atoms with Crippen molar-refractivity contribution in [1.29, 1.82) is 0 Å². The van der Waals surface area contributed by atoms with E-state index < -0.39 is 0 Å². The van der Waals surface area contributed by atoms with Crippen LogP contribution in [0.5, 0.6) is 0 Å². The zero-order chi connectivity index (χ0) is 12.4. The van der Waals surface area contributed by atoms with E-state index in [1.807, 2.05) is 12.1 Å². The molecule has 0 radical (unpaired) electrons. The Hall–Kier alpha value is -0.450. The van der Waals surface area contributed by atoms with Gasteiger partial charge in [0.2, 0.25) is 0 Å². The SMILES string of the molecule is CCN1CCC(CN)C1c1ccc(F)c(Br)c1. The van der Waals surface area contributed by atoms with Crippen LogP contribution in [0, 0.1) is 11.7 Å². The Morgan fingerprint density at radius 3 is 2.88 bits per heavy atom. The summed E-state index contributed by atoms with van der Waals surface area (Å²) >= 11 is 3.25. The van der Waals surface area contributed by atoms with Crippen molar-refractivity contribution < 1.29 is 4.39 Å². The second kappa shape index (κ2) is 5.46. The first-order chi connectivity index (χ1) is 8.17. The summed E-state index contributed by atoms with van der Waals surface area (Å²) in [4.78, 5) is 2.41. The van der Waals surface area contributed by atoms with Crippen LogP contribution in [-0.2, 0) is 0 Å². The second-order valence-corrected chi connectivity index (χ2v) is 5.39. The summed E-state index contributed by atoms with van der Waals surface area (Å²) < 4.78 is 13.8. The van der Waals surface area contributed by atoms with Gasteiger partial charge in [-0.3, -0.25) is 4.90 Å². The van der Waals surface area contributed by atoms with Gasteiger partial charge >= 0.3 is 0 Å². The highest BCUT2D eigenvalue weighted by Gasteiger charge is 2.33. The van der Waals surface area contributed by atoms with Gasteiger partial charge in [-0.1, -0.05) is 13.0 Å². The number of nitrogens with two attached hydrogens (primary N) is 1. The minimum atomic E-state index is -0.209. The summed E-state index contributed by atoms with van der Waals surface area (Å²) in [6, 6.07) is 5.62. The fourth-order valence-corrected chi connectivity index (χ4v) is 3.10. The van der Waals surface area contributed by atoms with Crippen LogP contribution in [0.25, 0.3) is 0 Å². The smallest absolute Gasteiger partial charge is 0.137 e. The van der Waals surface area contributed by atoms with Crippen molar-refractivity contribution >= 4 is 15.9 Å². The van der Waals surface area contributed by atoms with E-state index in [9.17, 15) is 4.39 Å². The maximum atomic E-state index is 13.3. The zero-order valence-electron chi connectivity index (χ0n) is 10.00. The number of halogens is 2. The average molecular weight is 301 g/mol. The standard InChI is InChI=1S/C13H18BrFN2/c1-2-17-6-5-10(8-16)13(17)9-3-4-12(15)11(14)7-9/h3-4,7,10,13H,2,5-6,8,16H2,1H3. The Labute approximate surface area is 110 Å². The molecule has 0 aromatic heterocycles. The number of hydrogen-bond donors (Lipinski definition) is 1. The highest BCUT2D eigenvalue weighted by atomic mass is 79.9. The maximum absolute atomic E-state index is 13.3. The fraction of sp³-hybridized carbons (Fsp3) is 0.538. The van der Waals surface area contributed by atoms with Crippen molar-refractivity contribution in [2.24, 2.45) is 11.7 Å². The van der Waals surface area contributed by atoms with Gasteiger partial charge in [0.05, 0.1) is 4.47 Å². The lowest BCUT2D eigenvalue weighted by atomic mass is 9.94. The number of rotatable bonds is 3. The molecule has 2 N–H and O–H groups in total. The number of benzene rings is 1. The molecule has 17 heavy (non-hydrogen) atoms. The van der Waals surface area contributed by atoms with E-state index in [0.29, 0.717) is 23.0 Å². The van der Waals surface area contributed by atoms with Crippen LogP contribution in [0.2, 0.25) is 0 Å². The average Bonchev–Trinajstić information content (AvgIpc) is 2.75. The van der Waals surface area contributed by atoms with Crippen molar-refractivity contribution in [3.63, 3.8) is 0 Å². The molecule has 0 bridgehead atoms. The van der Waals surface area contributed by atoms with Crippen molar-refractivity contribution in [2.45, 2.75) is 19.4 Å². The lowest BCUT2D eigenvalue weighted by Gasteiger charge is -2.27. The summed E-state index contributed by atoms with van der Waals surface area (Å²) in [6.07, 6.45) is 1.13. The summed E-state index contributed by atoms with van der Waals surface area (Å²) in [5.41, 5.74) is 6.99. The van der Waals surface area contributed by atoms with E-state index >= 15 is 0 Å². The largest absolute Gasteiger partial charge is 0.330 e. The Morgan fingerprint density at radius 1 is 1.53 bits per heavy atom. The van der Waals surface area contributed by atoms with Gasteiger partial charge in [0.1, 0.15) is 5.82 Å². The van der Waals surface area contributed by atoms with Crippen LogP contribution >= 0.6 is 15.9 Å². The molecule has 94 valence electrons. The molecule has 1 aromatic carbocycles. The lowest BCUT2D eigenvalue weighted by Crippen LogP contribution is -2.28. The first-order valence-electron chi connectivity index (χ1n) is 6.06. The minimum Gasteiger partial charge on any atom is -0.330 e. The third-order valence-electron chi connectivity index (χ3n) is 3.62. The second-order valence-electron chi connectivity index (χ2n) is 4.53. The Balaban J connectivity index is 2.31. The third-order valence-corrected chi connectivity index (χ3v) is 4.23. The van der Waals surface area contributed by atoms with E-state index in [2.05, 4.69) is 27.8 Å². The van der Waals surface area contributed by atoms with E-state index in [1.165, 1.54) is 6.07 Å². The fourth-order valence-electron chi connectivity index (χ4n) is 2.71. The van der Waals surface area contributed by atoms with Gasteiger partial charge in [-0.05, 0) is 65.6 Å². The predicted molar refractivity (Wildman–Crippen MR) is 71.2 cm³/mol. The molecule has 2 rings (SSSR count). The molecule has 2 unspecified atom stereocenters. The normalized spacial score (nSPS) is 25.4. The van der Waals surface area contributed by atoms with Gasteiger partial charge < -0.3 is 5.73 Å². The Bertz CT molecular complexity index is 385. The number of nitrogens with zero attached hydrogens (tertiary/aromatic N) is 1. The number of likely N-dealkylation sites (tertiary alicyclic amines) is 1. The molecule has 2 nitrogen and oxygen atoms in total. The van der Waals surface area contributed by atoms with Gasteiger partial charge in [-0.25, -0.2) is 4.39 Å². The van der Waals surface area contributed by atoms with Crippen LogP contribution in [0.3, 0.4) is 0 Å². The molecular formula is C13H18BrFN2. The van der Waals surface area contributed by atoms with Crippen molar-refractivity contribution in [3.05, 3.63) is 34.1 Å². The quantitative estimate of drug-likeness (QED) is 0.930. The highest BCUT2D eigenvalue weighted by Crippen LogP contribution is 2.37. The van der Waals surface area contributed by atoms with Crippen molar-refractivity contribution in [3.8, 4) is 0 Å². The lowest BCUT2D eigenvalue weighted by molar-refractivity contribution is 0.241. The van der Waals surface area contributed by atoms with Gasteiger partial charge in [0, 0.05) is 6.04 Å². The van der Waals surface area contributed by atoms with Crippen LogP contribution < -0.4 is 5.73 Å². The van der Waals surface area contributed by atoms with Crippen molar-refractivity contribution in [2.75, 3.05) is 19.6 Å². The third kappa shape index (κ3) is 2.54. The van der Waals surface area contributed by atoms with Gasteiger partial charge in [-0.2, -0.15) is 0 Å². The molecule has 0 spiro atoms. The molecule has 1 heterocycles. The van der Waals surface area contributed by atoms with Gasteiger partial charge in [0.25, 0.3) is 0 Å². The topological polar surface area (TPSA) is 29.3 Å². The Morgan fingerprint density at radius 2 is 2.29 bits per heavy atom. The predicted octanol–water partition coefficient (Wildman–Crippen LogP) is 2.93. The van der Waals surface area contributed by atoms with Crippen LogP contribution in [0.4, 0.5) is 4.39 Å². The summed E-state index contributed by atoms with van der Waals surface area (Å²) in [5, 5.41) is 0. The van der Waals surface area contributed by atoms with Crippen molar-refractivity contribution in [1.82, 2.24) is 4.90 Å². The summed E-state index contributed by atoms with van der Waals surface area (Å²) in [7, 11) is 0. The van der Waals surface area contributed by atoms with Gasteiger partial charge in [-0.15, -0.1) is 0 Å². The van der Waals surface area contributed by atoms with Gasteiger partial charge in [0.15, 0.2) is 0 Å². The van der Waals surface area contributed by atoms with Crippen LogP contribution in [0.15, 0.2) is 22.7 Å². The monoisotopic (exact) mass is 300 g/mol. The first-order valence-corrected chi connectivity index (χ1v) is 6.85. The molecule has 2 atom stereocenters. The molecule has 4 heteroatoms. The first kappa shape index (κ1) is 13.0. The summed E-state index contributed by atoms with van der Waals surface area (Å²) in [5.74, 6) is 0.270. The van der Waals surface area contributed by atoms with E-state index in [1.54, 1.807) is 0 Å². The highest BCUT2D eigenvalue weighted by molar-refractivity contribution is 9.10. The summed E-state index contributed by atoms with van der Waals surface area (Å²) in [6.45, 7) is 4.94. The molecular weight excluding hydrogens is 283 g/mol. The molecule has 0 saturated carbocycles. The molecule has 1 fully saturated rings. The zero-order valence-corrected chi connectivity index (χ0v) is 11.6. The molecule has 1 aliphatic rings. The maximum Gasteiger partial charge on any atom is 0.137 e. The van der Waals surface area contributed by atoms with Crippen LogP contribution in [-0.4, -0.2) is 24.5 Å². The Kier molecular flexibility index (Phi) is 4.17.